The van der Waals surface area contributed by atoms with Crippen molar-refractivity contribution in [3.05, 3.63) is 63.1 Å². The lowest BCUT2D eigenvalue weighted by Gasteiger charge is -2.36. The number of carbonyl (C=O) groups excluding carboxylic acids is 1. The summed E-state index contributed by atoms with van der Waals surface area (Å²) >= 11 is 13.9. The Labute approximate surface area is 195 Å². The van der Waals surface area contributed by atoms with Gasteiger partial charge in [-0.25, -0.2) is 4.98 Å². The van der Waals surface area contributed by atoms with Crippen LogP contribution in [0.5, 0.6) is 5.75 Å². The number of halogens is 2. The number of carbonyl (C=O) groups is 1. The first-order valence-corrected chi connectivity index (χ1v) is 11.4. The van der Waals surface area contributed by atoms with E-state index in [-0.39, 0.29) is 5.91 Å². The van der Waals surface area contributed by atoms with Crippen LogP contribution >= 0.6 is 34.5 Å². The Bertz CT molecular complexity index is 1100. The summed E-state index contributed by atoms with van der Waals surface area (Å²) in [5, 5.41) is 6.77. The van der Waals surface area contributed by atoms with Gasteiger partial charge in [-0.05, 0) is 36.8 Å². The van der Waals surface area contributed by atoms with E-state index in [4.69, 9.17) is 27.9 Å². The molecule has 9 heteroatoms. The summed E-state index contributed by atoms with van der Waals surface area (Å²) in [5.74, 6) is 0.654. The topological polar surface area (TPSA) is 57.7 Å². The van der Waals surface area contributed by atoms with Gasteiger partial charge in [-0.3, -0.25) is 4.79 Å². The highest BCUT2D eigenvalue weighted by Crippen LogP contribution is 2.33. The summed E-state index contributed by atoms with van der Waals surface area (Å²) in [4.78, 5) is 21.4. The van der Waals surface area contributed by atoms with E-state index in [0.29, 0.717) is 47.0 Å². The molecule has 0 atom stereocenters. The number of rotatable bonds is 5. The number of hydrogen-bond donors (Lipinski definition) is 1. The van der Waals surface area contributed by atoms with Crippen LogP contribution in [-0.4, -0.2) is 49.1 Å². The van der Waals surface area contributed by atoms with Crippen molar-refractivity contribution >= 4 is 57.0 Å². The van der Waals surface area contributed by atoms with Crippen LogP contribution in [0.4, 0.5) is 16.5 Å². The quantitative estimate of drug-likeness (QED) is 0.528. The first-order chi connectivity index (χ1) is 15.0. The summed E-state index contributed by atoms with van der Waals surface area (Å²) in [6.45, 7) is 4.56. The summed E-state index contributed by atoms with van der Waals surface area (Å²) in [5.41, 5.74) is 3.26. The minimum atomic E-state index is -0.0719. The Hall–Kier alpha value is -2.48. The fourth-order valence-corrected chi connectivity index (χ4v) is 4.62. The van der Waals surface area contributed by atoms with Crippen molar-refractivity contribution in [3.8, 4) is 5.75 Å². The Morgan fingerprint density at radius 2 is 1.94 bits per heavy atom. The van der Waals surface area contributed by atoms with Crippen LogP contribution in [-0.2, 0) is 0 Å². The summed E-state index contributed by atoms with van der Waals surface area (Å²) in [6, 6.07) is 11.5. The molecule has 0 bridgehead atoms. The third-order valence-corrected chi connectivity index (χ3v) is 6.73. The zero-order valence-electron chi connectivity index (χ0n) is 17.2. The largest absolute Gasteiger partial charge is 0.495 e. The number of nitrogens with one attached hydrogen (secondary N) is 1. The molecule has 1 saturated heterocycles. The smallest absolute Gasteiger partial charge is 0.273 e. The molecule has 0 aliphatic carbocycles. The lowest BCUT2D eigenvalue weighted by molar-refractivity contribution is 0.0742. The molecule has 31 heavy (non-hydrogen) atoms. The average Bonchev–Trinajstić information content (AvgIpc) is 3.24. The number of nitrogens with zero attached hydrogens (tertiary/aromatic N) is 3. The molecule has 2 aromatic carbocycles. The van der Waals surface area contributed by atoms with Crippen LogP contribution < -0.4 is 15.0 Å². The number of hydrogen-bond acceptors (Lipinski definition) is 6. The Balaban J connectivity index is 1.41. The van der Waals surface area contributed by atoms with E-state index in [1.165, 1.54) is 11.3 Å². The summed E-state index contributed by atoms with van der Waals surface area (Å²) < 4.78 is 5.40. The minimum Gasteiger partial charge on any atom is -0.495 e. The second-order valence-corrected chi connectivity index (χ2v) is 8.86. The van der Waals surface area contributed by atoms with Crippen molar-refractivity contribution in [2.45, 2.75) is 6.92 Å². The van der Waals surface area contributed by atoms with Crippen molar-refractivity contribution < 1.29 is 9.53 Å². The molecule has 0 radical (unpaired) electrons. The van der Waals surface area contributed by atoms with Gasteiger partial charge in [-0.1, -0.05) is 35.3 Å². The van der Waals surface area contributed by atoms with Gasteiger partial charge in [-0.2, -0.15) is 0 Å². The van der Waals surface area contributed by atoms with Gasteiger partial charge in [-0.15, -0.1) is 11.3 Å². The standard InChI is InChI=1S/C22H22Cl2N4O2S/c1-14-6-7-19(30-2)16(12-14)25-22-26-17(13-31-22)21(29)28-10-8-27(9-11-28)18-5-3-4-15(23)20(18)24/h3-7,12-13H,8-11H2,1-2H3,(H,25,26). The fourth-order valence-electron chi connectivity index (χ4n) is 3.51. The Morgan fingerprint density at radius 3 is 2.68 bits per heavy atom. The van der Waals surface area contributed by atoms with Crippen molar-refractivity contribution in [2.24, 2.45) is 0 Å². The number of thiazole rings is 1. The maximum atomic E-state index is 13.0. The molecular formula is C22H22Cl2N4O2S. The zero-order valence-corrected chi connectivity index (χ0v) is 19.5. The van der Waals surface area contributed by atoms with E-state index >= 15 is 0 Å². The first-order valence-electron chi connectivity index (χ1n) is 9.81. The molecule has 3 aromatic rings. The third-order valence-electron chi connectivity index (χ3n) is 5.16. The molecule has 1 aromatic heterocycles. The third kappa shape index (κ3) is 4.74. The highest BCUT2D eigenvalue weighted by molar-refractivity contribution is 7.14. The number of piperazine rings is 1. The van der Waals surface area contributed by atoms with Gasteiger partial charge in [0.15, 0.2) is 5.13 Å². The fraction of sp³-hybridized carbons (Fsp3) is 0.273. The van der Waals surface area contributed by atoms with Crippen molar-refractivity contribution in [1.29, 1.82) is 0 Å². The molecule has 1 N–H and O–H groups in total. The van der Waals surface area contributed by atoms with E-state index < -0.39 is 0 Å². The van der Waals surface area contributed by atoms with E-state index in [1.54, 1.807) is 18.6 Å². The SMILES string of the molecule is COc1ccc(C)cc1Nc1nc(C(=O)N2CCN(c3cccc(Cl)c3Cl)CC2)cs1. The van der Waals surface area contributed by atoms with Crippen LogP contribution in [0.1, 0.15) is 16.1 Å². The summed E-state index contributed by atoms with van der Waals surface area (Å²) in [6.07, 6.45) is 0. The van der Waals surface area contributed by atoms with Gasteiger partial charge < -0.3 is 19.9 Å². The molecule has 6 nitrogen and oxygen atoms in total. The predicted molar refractivity (Wildman–Crippen MR) is 128 cm³/mol. The van der Waals surface area contributed by atoms with Crippen LogP contribution in [0.2, 0.25) is 10.0 Å². The number of anilines is 3. The Morgan fingerprint density at radius 1 is 1.16 bits per heavy atom. The van der Waals surface area contributed by atoms with E-state index in [2.05, 4.69) is 15.2 Å². The second kappa shape index (κ2) is 9.34. The second-order valence-electron chi connectivity index (χ2n) is 7.22. The van der Waals surface area contributed by atoms with Crippen LogP contribution in [0.15, 0.2) is 41.8 Å². The van der Waals surface area contributed by atoms with E-state index in [0.717, 1.165) is 22.7 Å². The van der Waals surface area contributed by atoms with Gasteiger partial charge in [0, 0.05) is 31.6 Å². The molecule has 162 valence electrons. The normalized spacial score (nSPS) is 13.9. The van der Waals surface area contributed by atoms with Gasteiger partial charge in [0.05, 0.1) is 28.5 Å². The molecule has 1 aliphatic heterocycles. The lowest BCUT2D eigenvalue weighted by Crippen LogP contribution is -2.49. The van der Waals surface area contributed by atoms with Crippen molar-refractivity contribution in [1.82, 2.24) is 9.88 Å². The number of benzene rings is 2. The van der Waals surface area contributed by atoms with Crippen LogP contribution in [0.3, 0.4) is 0 Å². The van der Waals surface area contributed by atoms with Gasteiger partial charge in [0.1, 0.15) is 11.4 Å². The number of methoxy groups -OCH3 is 1. The molecule has 1 aliphatic rings. The molecule has 4 rings (SSSR count). The predicted octanol–water partition coefficient (Wildman–Crippen LogP) is 5.47. The zero-order chi connectivity index (χ0) is 22.0. The highest BCUT2D eigenvalue weighted by atomic mass is 35.5. The number of ether oxygens (including phenoxy) is 1. The van der Waals surface area contributed by atoms with Crippen molar-refractivity contribution in [2.75, 3.05) is 43.5 Å². The monoisotopic (exact) mass is 476 g/mol. The molecule has 1 amide bonds. The lowest BCUT2D eigenvalue weighted by atomic mass is 10.2. The van der Waals surface area contributed by atoms with Gasteiger partial charge >= 0.3 is 0 Å². The molecule has 1 fully saturated rings. The van der Waals surface area contributed by atoms with Crippen molar-refractivity contribution in [3.63, 3.8) is 0 Å². The van der Waals surface area contributed by atoms with Crippen LogP contribution in [0, 0.1) is 6.92 Å². The van der Waals surface area contributed by atoms with E-state index in [1.807, 2.05) is 42.2 Å². The Kier molecular flexibility index (Phi) is 6.55. The number of aryl methyl sites for hydroxylation is 1. The first kappa shape index (κ1) is 21.7. The number of amides is 1. The molecular weight excluding hydrogens is 455 g/mol. The molecule has 0 saturated carbocycles. The van der Waals surface area contributed by atoms with E-state index in [9.17, 15) is 4.79 Å². The maximum Gasteiger partial charge on any atom is 0.273 e. The molecule has 0 spiro atoms. The van der Waals surface area contributed by atoms with Gasteiger partial charge in [0.25, 0.3) is 5.91 Å². The minimum absolute atomic E-state index is 0.0719. The molecule has 2 heterocycles. The average molecular weight is 477 g/mol. The van der Waals surface area contributed by atoms with Gasteiger partial charge in [0.2, 0.25) is 0 Å². The molecule has 0 unspecified atom stereocenters. The maximum absolute atomic E-state index is 13.0. The highest BCUT2D eigenvalue weighted by Gasteiger charge is 2.25. The van der Waals surface area contributed by atoms with Crippen LogP contribution in [0.25, 0.3) is 0 Å². The summed E-state index contributed by atoms with van der Waals surface area (Å²) in [7, 11) is 1.63. The number of aromatic nitrogens is 1.